The van der Waals surface area contributed by atoms with Gasteiger partial charge in [-0.05, 0) is 24.5 Å². The third kappa shape index (κ3) is 3.16. The summed E-state index contributed by atoms with van der Waals surface area (Å²) in [6, 6.07) is 6.03. The number of hydrogen-bond donors (Lipinski definition) is 4. The molecule has 0 radical (unpaired) electrons. The Morgan fingerprint density at radius 2 is 2.11 bits per heavy atom. The zero-order valence-electron chi connectivity index (χ0n) is 15.3. The highest BCUT2D eigenvalue weighted by atomic mass is 35.5. The lowest BCUT2D eigenvalue weighted by Gasteiger charge is -2.12. The Labute approximate surface area is 166 Å². The SMILES string of the molecule is CNc1ncc(Cc2ccc3[nH]cnc3c2Cl)c(Nc2cc(C3CC3)[nH]n2)n1. The number of imidazole rings is 1. The molecule has 0 spiro atoms. The Hall–Kier alpha value is -3.13. The lowest BCUT2D eigenvalue weighted by atomic mass is 10.1. The Kier molecular flexibility index (Phi) is 4.12. The molecule has 8 nitrogen and oxygen atoms in total. The van der Waals surface area contributed by atoms with Crippen molar-refractivity contribution in [2.24, 2.45) is 0 Å². The van der Waals surface area contributed by atoms with Gasteiger partial charge in [0.1, 0.15) is 11.3 Å². The molecule has 0 unspecified atom stereocenters. The van der Waals surface area contributed by atoms with E-state index in [2.05, 4.69) is 40.8 Å². The van der Waals surface area contributed by atoms with Gasteiger partial charge < -0.3 is 15.6 Å². The molecule has 0 amide bonds. The van der Waals surface area contributed by atoms with Crippen LogP contribution in [-0.4, -0.2) is 37.2 Å². The molecule has 1 saturated carbocycles. The summed E-state index contributed by atoms with van der Waals surface area (Å²) in [5, 5.41) is 14.4. The van der Waals surface area contributed by atoms with Crippen LogP contribution in [0, 0.1) is 0 Å². The molecule has 5 rings (SSSR count). The van der Waals surface area contributed by atoms with E-state index in [9.17, 15) is 0 Å². The van der Waals surface area contributed by atoms with Crippen LogP contribution in [0.5, 0.6) is 0 Å². The van der Waals surface area contributed by atoms with E-state index >= 15 is 0 Å². The monoisotopic (exact) mass is 394 g/mol. The number of rotatable bonds is 6. The van der Waals surface area contributed by atoms with Gasteiger partial charge in [-0.25, -0.2) is 9.97 Å². The predicted molar refractivity (Wildman–Crippen MR) is 109 cm³/mol. The maximum atomic E-state index is 6.58. The zero-order chi connectivity index (χ0) is 19.1. The third-order valence-corrected chi connectivity index (χ3v) is 5.36. The minimum atomic E-state index is 0.540. The van der Waals surface area contributed by atoms with Crippen molar-refractivity contribution in [1.82, 2.24) is 30.1 Å². The molecule has 28 heavy (non-hydrogen) atoms. The molecule has 0 saturated heterocycles. The molecule has 0 bridgehead atoms. The van der Waals surface area contributed by atoms with Gasteiger partial charge in [0.25, 0.3) is 0 Å². The van der Waals surface area contributed by atoms with Crippen LogP contribution in [0.2, 0.25) is 5.02 Å². The molecule has 3 heterocycles. The smallest absolute Gasteiger partial charge is 0.224 e. The largest absolute Gasteiger partial charge is 0.357 e. The first kappa shape index (κ1) is 17.0. The Morgan fingerprint density at radius 1 is 1.21 bits per heavy atom. The number of fused-ring (bicyclic) bond motifs is 1. The van der Waals surface area contributed by atoms with Crippen molar-refractivity contribution in [2.75, 3.05) is 17.7 Å². The summed E-state index contributed by atoms with van der Waals surface area (Å²) in [4.78, 5) is 16.3. The van der Waals surface area contributed by atoms with Crippen molar-refractivity contribution in [3.05, 3.63) is 52.6 Å². The number of nitrogens with one attached hydrogen (secondary N) is 4. The highest BCUT2D eigenvalue weighted by Gasteiger charge is 2.25. The average Bonchev–Trinajstić information content (AvgIpc) is 3.25. The van der Waals surface area contributed by atoms with Gasteiger partial charge in [0.05, 0.1) is 16.9 Å². The summed E-state index contributed by atoms with van der Waals surface area (Å²) in [7, 11) is 1.79. The van der Waals surface area contributed by atoms with Crippen molar-refractivity contribution in [3.8, 4) is 0 Å². The van der Waals surface area contributed by atoms with Crippen LogP contribution >= 0.6 is 11.6 Å². The first-order valence-electron chi connectivity index (χ1n) is 9.17. The van der Waals surface area contributed by atoms with Gasteiger partial charge in [-0.15, -0.1) is 0 Å². The fraction of sp³-hybridized carbons (Fsp3) is 0.263. The standard InChI is InChI=1S/C19H19ClN8/c1-21-19-22-8-12(6-11-4-5-13-17(16(11)20)24-9-23-13)18(26-19)25-15-7-14(27-28-15)10-2-3-10/h4-5,7-10H,2-3,6H2,1H3,(H,23,24)(H3,21,22,25,26,27,28). The Morgan fingerprint density at radius 3 is 2.93 bits per heavy atom. The van der Waals surface area contributed by atoms with E-state index in [0.717, 1.165) is 28.0 Å². The summed E-state index contributed by atoms with van der Waals surface area (Å²) >= 11 is 6.58. The number of aromatic amines is 2. The topological polar surface area (TPSA) is 107 Å². The van der Waals surface area contributed by atoms with Crippen LogP contribution in [0.1, 0.15) is 35.6 Å². The van der Waals surface area contributed by atoms with Crippen LogP contribution in [0.15, 0.2) is 30.7 Å². The van der Waals surface area contributed by atoms with Crippen LogP contribution in [-0.2, 0) is 6.42 Å². The maximum Gasteiger partial charge on any atom is 0.224 e. The summed E-state index contributed by atoms with van der Waals surface area (Å²) in [6.45, 7) is 0. The van der Waals surface area contributed by atoms with E-state index in [4.69, 9.17) is 11.6 Å². The van der Waals surface area contributed by atoms with Crippen molar-refractivity contribution >= 4 is 40.2 Å². The molecular formula is C19H19ClN8. The molecule has 1 aliphatic carbocycles. The lowest BCUT2D eigenvalue weighted by molar-refractivity contribution is 0.965. The second-order valence-corrected chi connectivity index (χ2v) is 7.32. The first-order valence-corrected chi connectivity index (χ1v) is 9.55. The number of halogens is 1. The highest BCUT2D eigenvalue weighted by molar-refractivity contribution is 6.35. The molecule has 1 fully saturated rings. The third-order valence-electron chi connectivity index (χ3n) is 4.94. The fourth-order valence-electron chi connectivity index (χ4n) is 3.25. The number of anilines is 3. The van der Waals surface area contributed by atoms with Gasteiger partial charge in [0, 0.05) is 42.9 Å². The zero-order valence-corrected chi connectivity index (χ0v) is 16.0. The molecule has 142 valence electrons. The van der Waals surface area contributed by atoms with Crippen molar-refractivity contribution in [2.45, 2.75) is 25.2 Å². The summed E-state index contributed by atoms with van der Waals surface area (Å²) in [5.74, 6) is 2.60. The van der Waals surface area contributed by atoms with Crippen molar-refractivity contribution in [1.29, 1.82) is 0 Å². The molecular weight excluding hydrogens is 376 g/mol. The predicted octanol–water partition coefficient (Wildman–Crippen LogP) is 3.98. The normalized spacial score (nSPS) is 13.8. The summed E-state index contributed by atoms with van der Waals surface area (Å²) in [6.07, 6.45) is 6.47. The number of hydrogen-bond acceptors (Lipinski definition) is 6. The van der Waals surface area contributed by atoms with E-state index in [-0.39, 0.29) is 0 Å². The molecule has 4 N–H and O–H groups in total. The molecule has 1 aromatic carbocycles. The molecule has 0 atom stereocenters. The van der Waals surface area contributed by atoms with Gasteiger partial charge >= 0.3 is 0 Å². The Bertz CT molecular complexity index is 1140. The van der Waals surface area contributed by atoms with Crippen LogP contribution in [0.4, 0.5) is 17.6 Å². The molecule has 3 aromatic heterocycles. The van der Waals surface area contributed by atoms with Gasteiger partial charge in [-0.1, -0.05) is 17.7 Å². The molecule has 4 aromatic rings. The van der Waals surface area contributed by atoms with Crippen molar-refractivity contribution in [3.63, 3.8) is 0 Å². The lowest BCUT2D eigenvalue weighted by Crippen LogP contribution is -2.05. The quantitative estimate of drug-likeness (QED) is 0.394. The van der Waals surface area contributed by atoms with Gasteiger partial charge in [-0.3, -0.25) is 5.10 Å². The van der Waals surface area contributed by atoms with Gasteiger partial charge in [-0.2, -0.15) is 10.1 Å². The summed E-state index contributed by atoms with van der Waals surface area (Å²) in [5.41, 5.74) is 4.73. The summed E-state index contributed by atoms with van der Waals surface area (Å²) < 4.78 is 0. The van der Waals surface area contributed by atoms with E-state index in [1.165, 1.54) is 18.5 Å². The second kappa shape index (κ2) is 6.79. The maximum absolute atomic E-state index is 6.58. The first-order chi connectivity index (χ1) is 13.7. The van der Waals surface area contributed by atoms with E-state index in [1.807, 2.05) is 18.2 Å². The minimum absolute atomic E-state index is 0.540. The minimum Gasteiger partial charge on any atom is -0.357 e. The van der Waals surface area contributed by atoms with Crippen LogP contribution in [0.25, 0.3) is 11.0 Å². The van der Waals surface area contributed by atoms with E-state index < -0.39 is 0 Å². The van der Waals surface area contributed by atoms with Crippen molar-refractivity contribution < 1.29 is 0 Å². The van der Waals surface area contributed by atoms with Gasteiger partial charge in [0.15, 0.2) is 5.82 Å². The number of nitrogens with zero attached hydrogens (tertiary/aromatic N) is 4. The second-order valence-electron chi connectivity index (χ2n) is 6.94. The number of H-pyrrole nitrogens is 2. The highest BCUT2D eigenvalue weighted by Crippen LogP contribution is 2.39. The Balaban J connectivity index is 1.48. The van der Waals surface area contributed by atoms with E-state index in [0.29, 0.717) is 29.1 Å². The number of benzene rings is 1. The van der Waals surface area contributed by atoms with Crippen LogP contribution in [0.3, 0.4) is 0 Å². The molecule has 1 aliphatic rings. The van der Waals surface area contributed by atoms with Gasteiger partial charge in [0.2, 0.25) is 5.95 Å². The molecule has 9 heteroatoms. The van der Waals surface area contributed by atoms with Crippen LogP contribution < -0.4 is 10.6 Å². The molecule has 0 aliphatic heterocycles. The fourth-order valence-corrected chi connectivity index (χ4v) is 3.53. The average molecular weight is 395 g/mol. The van der Waals surface area contributed by atoms with E-state index in [1.54, 1.807) is 19.6 Å². The number of aromatic nitrogens is 6.